The van der Waals surface area contributed by atoms with Crippen LogP contribution in [0.1, 0.15) is 61.4 Å². The Bertz CT molecular complexity index is 1160. The van der Waals surface area contributed by atoms with E-state index in [-0.39, 0.29) is 30.8 Å². The predicted octanol–water partition coefficient (Wildman–Crippen LogP) is 3.75. The number of aliphatic hydroxyl groups is 1. The number of hydrogen-bond donors (Lipinski definition) is 2. The van der Waals surface area contributed by atoms with E-state index in [4.69, 9.17) is 4.52 Å². The largest absolute Gasteiger partial charge is 0.391 e. The fourth-order valence-corrected chi connectivity index (χ4v) is 5.26. The maximum atomic E-state index is 13.3. The van der Waals surface area contributed by atoms with Crippen LogP contribution < -0.4 is 5.32 Å². The smallest absolute Gasteiger partial charge is 0.243 e. The lowest BCUT2D eigenvalue weighted by Crippen LogP contribution is -2.47. The molecule has 8 nitrogen and oxygen atoms in total. The monoisotopic (exact) mass is 482 g/mol. The lowest BCUT2D eigenvalue weighted by molar-refractivity contribution is -0.140. The number of aliphatic hydroxyl groups excluding tert-OH is 1. The minimum Gasteiger partial charge on any atom is -0.391 e. The number of carbonyl (C=O) groups excluding carboxylic acids is 2. The molecule has 1 aromatic carbocycles. The summed E-state index contributed by atoms with van der Waals surface area (Å²) in [4.78, 5) is 33.4. The molecule has 0 spiro atoms. The molecule has 34 heavy (non-hydrogen) atoms. The number of β-amino-alcohol motifs (C(OH)–C–C–N with tert-alkyl or cyclic N) is 1. The molecule has 1 aliphatic rings. The van der Waals surface area contributed by atoms with Gasteiger partial charge in [0, 0.05) is 19.0 Å². The Hall–Kier alpha value is -3.04. The molecule has 0 aliphatic carbocycles. The quantitative estimate of drug-likeness (QED) is 0.531. The van der Waals surface area contributed by atoms with Crippen molar-refractivity contribution in [3.05, 3.63) is 58.6 Å². The first-order valence-corrected chi connectivity index (χ1v) is 12.4. The lowest BCUT2D eigenvalue weighted by atomic mass is 10.0. The number of amides is 2. The van der Waals surface area contributed by atoms with Crippen LogP contribution in [-0.4, -0.2) is 50.7 Å². The maximum absolute atomic E-state index is 13.3. The molecule has 1 fully saturated rings. The summed E-state index contributed by atoms with van der Waals surface area (Å²) in [5.41, 5.74) is 5.57. The SMILES string of the molecule is CCC(C(=O)N1C[C@H](O)C[C@H]1C(=O)N[C@@H](C)c1ccc(-c2scnc2C)cc1)c1cc(C)no1. The average molecular weight is 483 g/mol. The van der Waals surface area contributed by atoms with Gasteiger partial charge in [-0.2, -0.15) is 0 Å². The summed E-state index contributed by atoms with van der Waals surface area (Å²) in [6.45, 7) is 7.71. The number of rotatable bonds is 7. The molecule has 0 radical (unpaired) electrons. The van der Waals surface area contributed by atoms with Gasteiger partial charge in [0.15, 0.2) is 0 Å². The molecule has 1 aliphatic heterocycles. The van der Waals surface area contributed by atoms with Crippen LogP contribution in [0, 0.1) is 13.8 Å². The Morgan fingerprint density at radius 2 is 2.03 bits per heavy atom. The zero-order valence-corrected chi connectivity index (χ0v) is 20.6. The van der Waals surface area contributed by atoms with E-state index < -0.39 is 18.1 Å². The summed E-state index contributed by atoms with van der Waals surface area (Å²) in [6.07, 6.45) is -0.0261. The Balaban J connectivity index is 1.45. The molecule has 2 N–H and O–H groups in total. The van der Waals surface area contributed by atoms with Gasteiger partial charge in [0.2, 0.25) is 11.8 Å². The van der Waals surface area contributed by atoms with Gasteiger partial charge in [-0.1, -0.05) is 36.3 Å². The van der Waals surface area contributed by atoms with Gasteiger partial charge in [0.05, 0.1) is 39.8 Å². The van der Waals surface area contributed by atoms with E-state index in [1.54, 1.807) is 24.3 Å². The van der Waals surface area contributed by atoms with Gasteiger partial charge in [0.25, 0.3) is 0 Å². The standard InChI is InChI=1S/C25H30N4O4S/c1-5-20(22-10-14(2)28-33-22)25(32)29-12-19(30)11-21(29)24(31)27-15(3)17-6-8-18(9-7-17)23-16(4)26-13-34-23/h6-10,13,15,19-21,30H,5,11-12H2,1-4H3,(H,27,31)/t15-,19+,20?,21-/m0/s1. The number of thiazole rings is 1. The molecule has 0 bridgehead atoms. The van der Waals surface area contributed by atoms with E-state index >= 15 is 0 Å². The number of aryl methyl sites for hydroxylation is 2. The number of aromatic nitrogens is 2. The van der Waals surface area contributed by atoms with Crippen molar-refractivity contribution in [2.75, 3.05) is 6.54 Å². The van der Waals surface area contributed by atoms with Gasteiger partial charge in [0.1, 0.15) is 11.8 Å². The summed E-state index contributed by atoms with van der Waals surface area (Å²) >= 11 is 1.60. The zero-order chi connectivity index (χ0) is 24.4. The molecule has 9 heteroatoms. The number of nitrogens with one attached hydrogen (secondary N) is 1. The van der Waals surface area contributed by atoms with Gasteiger partial charge < -0.3 is 19.8 Å². The summed E-state index contributed by atoms with van der Waals surface area (Å²) in [5, 5.41) is 17.2. The first kappa shape index (κ1) is 24.1. The molecule has 4 rings (SSSR count). The molecule has 0 saturated carbocycles. The zero-order valence-electron chi connectivity index (χ0n) is 19.8. The van der Waals surface area contributed by atoms with Crippen LogP contribution in [0.2, 0.25) is 0 Å². The second-order valence-corrected chi connectivity index (χ2v) is 9.70. The highest BCUT2D eigenvalue weighted by molar-refractivity contribution is 7.13. The van der Waals surface area contributed by atoms with Crippen molar-refractivity contribution in [3.8, 4) is 10.4 Å². The van der Waals surface area contributed by atoms with Crippen molar-refractivity contribution in [2.24, 2.45) is 0 Å². The van der Waals surface area contributed by atoms with Crippen LogP contribution in [0.25, 0.3) is 10.4 Å². The topological polar surface area (TPSA) is 109 Å². The Morgan fingerprint density at radius 1 is 1.29 bits per heavy atom. The molecule has 2 amide bonds. The van der Waals surface area contributed by atoms with Crippen LogP contribution in [0.5, 0.6) is 0 Å². The summed E-state index contributed by atoms with van der Waals surface area (Å²) in [6, 6.07) is 8.79. The van der Waals surface area contributed by atoms with Crippen LogP contribution in [0.4, 0.5) is 0 Å². The highest BCUT2D eigenvalue weighted by Crippen LogP contribution is 2.30. The normalized spacial score (nSPS) is 19.7. The molecular formula is C25H30N4O4S. The Kier molecular flexibility index (Phi) is 7.13. The molecule has 180 valence electrons. The van der Waals surface area contributed by atoms with E-state index in [1.807, 2.05) is 50.5 Å². The van der Waals surface area contributed by atoms with E-state index in [9.17, 15) is 14.7 Å². The first-order chi connectivity index (χ1) is 16.3. The van der Waals surface area contributed by atoms with Gasteiger partial charge in [-0.3, -0.25) is 9.59 Å². The number of carbonyl (C=O) groups is 2. The number of nitrogens with zero attached hydrogens (tertiary/aromatic N) is 3. The molecule has 1 saturated heterocycles. The molecular weight excluding hydrogens is 452 g/mol. The fraction of sp³-hybridized carbons (Fsp3) is 0.440. The van der Waals surface area contributed by atoms with E-state index in [0.29, 0.717) is 17.9 Å². The second-order valence-electron chi connectivity index (χ2n) is 8.85. The maximum Gasteiger partial charge on any atom is 0.243 e. The molecule has 4 atom stereocenters. The predicted molar refractivity (Wildman–Crippen MR) is 129 cm³/mol. The van der Waals surface area contributed by atoms with Crippen LogP contribution in [0.15, 0.2) is 40.4 Å². The van der Waals surface area contributed by atoms with Crippen molar-refractivity contribution in [1.82, 2.24) is 20.4 Å². The average Bonchev–Trinajstić information content (AvgIpc) is 3.54. The van der Waals surface area contributed by atoms with Crippen LogP contribution in [-0.2, 0) is 9.59 Å². The highest BCUT2D eigenvalue weighted by atomic mass is 32.1. The van der Waals surface area contributed by atoms with E-state index in [0.717, 1.165) is 21.7 Å². The van der Waals surface area contributed by atoms with Gasteiger partial charge in [-0.25, -0.2) is 4.98 Å². The Labute approximate surface area is 203 Å². The third-order valence-electron chi connectivity index (χ3n) is 6.34. The minimum absolute atomic E-state index is 0.123. The van der Waals surface area contributed by atoms with Crippen LogP contribution in [0.3, 0.4) is 0 Å². The molecule has 3 heterocycles. The van der Waals surface area contributed by atoms with Crippen molar-refractivity contribution in [3.63, 3.8) is 0 Å². The fourth-order valence-electron chi connectivity index (χ4n) is 4.45. The summed E-state index contributed by atoms with van der Waals surface area (Å²) in [7, 11) is 0. The third-order valence-corrected chi connectivity index (χ3v) is 7.32. The second kappa shape index (κ2) is 10.1. The van der Waals surface area contributed by atoms with Crippen molar-refractivity contribution in [1.29, 1.82) is 0 Å². The van der Waals surface area contributed by atoms with Gasteiger partial charge >= 0.3 is 0 Å². The van der Waals surface area contributed by atoms with Crippen molar-refractivity contribution in [2.45, 2.75) is 64.6 Å². The lowest BCUT2D eigenvalue weighted by Gasteiger charge is -2.28. The van der Waals surface area contributed by atoms with Crippen LogP contribution >= 0.6 is 11.3 Å². The number of hydrogen-bond acceptors (Lipinski definition) is 7. The summed E-state index contributed by atoms with van der Waals surface area (Å²) in [5.74, 6) is -0.562. The molecule has 2 aromatic heterocycles. The highest BCUT2D eigenvalue weighted by Gasteiger charge is 2.42. The third kappa shape index (κ3) is 4.90. The Morgan fingerprint density at radius 3 is 2.62 bits per heavy atom. The van der Waals surface area contributed by atoms with E-state index in [1.165, 1.54) is 4.90 Å². The molecule has 1 unspecified atom stereocenters. The minimum atomic E-state index is -0.745. The van der Waals surface area contributed by atoms with Gasteiger partial charge in [-0.15, -0.1) is 11.3 Å². The van der Waals surface area contributed by atoms with Gasteiger partial charge in [-0.05, 0) is 38.3 Å². The molecule has 3 aromatic rings. The van der Waals surface area contributed by atoms with Crippen molar-refractivity contribution < 1.29 is 19.2 Å². The number of likely N-dealkylation sites (tertiary alicyclic amines) is 1. The number of benzene rings is 1. The summed E-state index contributed by atoms with van der Waals surface area (Å²) < 4.78 is 5.32. The van der Waals surface area contributed by atoms with Crippen molar-refractivity contribution >= 4 is 23.2 Å². The van der Waals surface area contributed by atoms with E-state index in [2.05, 4.69) is 15.5 Å². The first-order valence-electron chi connectivity index (χ1n) is 11.5.